The molecule has 0 radical (unpaired) electrons. The molecule has 0 aliphatic carbocycles. The van der Waals surface area contributed by atoms with Gasteiger partial charge in [-0.2, -0.15) is 0 Å². The molecular formula is C23H26F2N2O2. The number of carbonyl (C=O) groups excluding carboxylic acids is 1. The summed E-state index contributed by atoms with van der Waals surface area (Å²) in [6.07, 6.45) is 0.435. The topological polar surface area (TPSA) is 32.8 Å². The first-order valence-electron chi connectivity index (χ1n) is 10.1. The van der Waals surface area contributed by atoms with E-state index in [0.29, 0.717) is 36.7 Å². The highest BCUT2D eigenvalue weighted by Crippen LogP contribution is 2.45. The first-order valence-corrected chi connectivity index (χ1v) is 10.1. The smallest absolute Gasteiger partial charge is 0.222 e. The highest BCUT2D eigenvalue weighted by Gasteiger charge is 2.48. The first-order chi connectivity index (χ1) is 14.0. The van der Waals surface area contributed by atoms with Gasteiger partial charge in [0, 0.05) is 44.1 Å². The summed E-state index contributed by atoms with van der Waals surface area (Å²) in [6, 6.07) is 11.2. The molecule has 0 spiro atoms. The van der Waals surface area contributed by atoms with Gasteiger partial charge in [0.15, 0.2) is 0 Å². The summed E-state index contributed by atoms with van der Waals surface area (Å²) in [5.74, 6) is 0.709. The quantitative estimate of drug-likeness (QED) is 0.760. The maximum absolute atomic E-state index is 14.3. The molecule has 0 unspecified atom stereocenters. The average Bonchev–Trinajstić information content (AvgIpc) is 3.26. The van der Waals surface area contributed by atoms with Crippen LogP contribution in [0, 0.1) is 23.5 Å². The Bertz CT molecular complexity index is 904. The van der Waals surface area contributed by atoms with E-state index in [1.807, 2.05) is 17.9 Å². The van der Waals surface area contributed by atoms with E-state index >= 15 is 0 Å². The molecule has 0 N–H and O–H groups in total. The number of carbonyl (C=O) groups is 1. The minimum atomic E-state index is -0.289. The van der Waals surface area contributed by atoms with Gasteiger partial charge in [0.1, 0.15) is 17.4 Å². The number of likely N-dealkylation sites (tertiary alicyclic amines) is 2. The van der Waals surface area contributed by atoms with Crippen molar-refractivity contribution in [2.24, 2.45) is 11.8 Å². The summed E-state index contributed by atoms with van der Waals surface area (Å²) in [4.78, 5) is 16.7. The molecule has 2 aromatic carbocycles. The predicted molar refractivity (Wildman–Crippen MR) is 106 cm³/mol. The molecule has 29 heavy (non-hydrogen) atoms. The van der Waals surface area contributed by atoms with Crippen molar-refractivity contribution in [2.45, 2.75) is 25.9 Å². The normalized spacial score (nSPS) is 24.0. The van der Waals surface area contributed by atoms with Crippen LogP contribution in [-0.2, 0) is 11.3 Å². The summed E-state index contributed by atoms with van der Waals surface area (Å²) in [5.41, 5.74) is 1.45. The van der Waals surface area contributed by atoms with Crippen molar-refractivity contribution >= 4 is 5.91 Å². The number of methoxy groups -OCH3 is 1. The highest BCUT2D eigenvalue weighted by molar-refractivity contribution is 5.77. The summed E-state index contributed by atoms with van der Waals surface area (Å²) < 4.78 is 33.4. The Balaban J connectivity index is 1.56. The lowest BCUT2D eigenvalue weighted by Gasteiger charge is -2.30. The Labute approximate surface area is 170 Å². The third-order valence-corrected chi connectivity index (χ3v) is 6.20. The molecule has 2 heterocycles. The fourth-order valence-corrected chi connectivity index (χ4v) is 4.88. The summed E-state index contributed by atoms with van der Waals surface area (Å²) >= 11 is 0. The molecule has 0 saturated carbocycles. The molecule has 3 atom stereocenters. The molecule has 0 aromatic heterocycles. The third-order valence-electron chi connectivity index (χ3n) is 6.20. The van der Waals surface area contributed by atoms with Gasteiger partial charge < -0.3 is 9.64 Å². The number of halogens is 2. The number of amides is 1. The standard InChI is InChI=1S/C23H26F2N2O2/c1-3-22(28)27-13-17-12-26(11-16-10-19(29-2)7-8-21(16)25)14-20(17)23(27)15-5-4-6-18(24)9-15/h4-10,17,20,23H,3,11-14H2,1-2H3/t17-,20-,23-/m0/s1. The largest absolute Gasteiger partial charge is 0.497 e. The second-order valence-corrected chi connectivity index (χ2v) is 7.97. The fourth-order valence-electron chi connectivity index (χ4n) is 4.88. The molecule has 2 saturated heterocycles. The van der Waals surface area contributed by atoms with Crippen molar-refractivity contribution in [3.05, 3.63) is 65.2 Å². The van der Waals surface area contributed by atoms with E-state index in [0.717, 1.165) is 18.7 Å². The van der Waals surface area contributed by atoms with E-state index in [9.17, 15) is 13.6 Å². The molecule has 4 nitrogen and oxygen atoms in total. The number of ether oxygens (including phenoxy) is 1. The SMILES string of the molecule is CCC(=O)N1C[C@@H]2CN(Cc3cc(OC)ccc3F)C[C@@H]2[C@@H]1c1cccc(F)c1. The van der Waals surface area contributed by atoms with Crippen LogP contribution < -0.4 is 4.74 Å². The number of benzene rings is 2. The highest BCUT2D eigenvalue weighted by atomic mass is 19.1. The van der Waals surface area contributed by atoms with Crippen LogP contribution in [0.15, 0.2) is 42.5 Å². The lowest BCUT2D eigenvalue weighted by atomic mass is 9.89. The maximum atomic E-state index is 14.3. The second kappa shape index (κ2) is 8.11. The zero-order valence-corrected chi connectivity index (χ0v) is 16.8. The van der Waals surface area contributed by atoms with Gasteiger partial charge in [-0.05, 0) is 41.8 Å². The molecule has 6 heteroatoms. The monoisotopic (exact) mass is 400 g/mol. The number of hydrogen-bond acceptors (Lipinski definition) is 3. The Morgan fingerprint density at radius 3 is 2.69 bits per heavy atom. The molecule has 2 aliphatic heterocycles. The maximum Gasteiger partial charge on any atom is 0.222 e. The van der Waals surface area contributed by atoms with E-state index in [4.69, 9.17) is 4.74 Å². The van der Waals surface area contributed by atoms with Gasteiger partial charge in [0.2, 0.25) is 5.91 Å². The molecular weight excluding hydrogens is 374 g/mol. The van der Waals surface area contributed by atoms with Crippen molar-refractivity contribution in [1.82, 2.24) is 9.80 Å². The van der Waals surface area contributed by atoms with Gasteiger partial charge >= 0.3 is 0 Å². The first kappa shape index (κ1) is 19.8. The van der Waals surface area contributed by atoms with Crippen LogP contribution in [0.4, 0.5) is 8.78 Å². The number of rotatable bonds is 5. The molecule has 0 bridgehead atoms. The summed E-state index contributed by atoms with van der Waals surface area (Å²) in [6.45, 7) is 4.55. The van der Waals surface area contributed by atoms with E-state index in [1.54, 1.807) is 25.3 Å². The zero-order chi connectivity index (χ0) is 20.5. The zero-order valence-electron chi connectivity index (χ0n) is 16.8. The average molecular weight is 400 g/mol. The fraction of sp³-hybridized carbons (Fsp3) is 0.435. The van der Waals surface area contributed by atoms with Crippen molar-refractivity contribution < 1.29 is 18.3 Å². The van der Waals surface area contributed by atoms with Crippen molar-refractivity contribution in [3.63, 3.8) is 0 Å². The van der Waals surface area contributed by atoms with E-state index < -0.39 is 0 Å². The second-order valence-electron chi connectivity index (χ2n) is 7.97. The van der Waals surface area contributed by atoms with Crippen LogP contribution in [0.5, 0.6) is 5.75 Å². The van der Waals surface area contributed by atoms with Gasteiger partial charge in [-0.3, -0.25) is 9.69 Å². The number of fused-ring (bicyclic) bond motifs is 1. The minimum Gasteiger partial charge on any atom is -0.497 e. The Hall–Kier alpha value is -2.47. The third kappa shape index (κ3) is 3.86. The van der Waals surface area contributed by atoms with Gasteiger partial charge in [-0.25, -0.2) is 8.78 Å². The van der Waals surface area contributed by atoms with Crippen LogP contribution >= 0.6 is 0 Å². The van der Waals surface area contributed by atoms with E-state index in [1.165, 1.54) is 18.2 Å². The Morgan fingerprint density at radius 1 is 1.14 bits per heavy atom. The van der Waals surface area contributed by atoms with Crippen molar-refractivity contribution in [3.8, 4) is 5.75 Å². The number of hydrogen-bond donors (Lipinski definition) is 0. The Kier molecular flexibility index (Phi) is 5.54. The van der Waals surface area contributed by atoms with Crippen LogP contribution in [0.1, 0.15) is 30.5 Å². The molecule has 2 aromatic rings. The van der Waals surface area contributed by atoms with Gasteiger partial charge in [0.25, 0.3) is 0 Å². The minimum absolute atomic E-state index is 0.0963. The van der Waals surface area contributed by atoms with Crippen LogP contribution in [0.25, 0.3) is 0 Å². The number of nitrogens with zero attached hydrogens (tertiary/aromatic N) is 2. The van der Waals surface area contributed by atoms with Crippen LogP contribution in [0.2, 0.25) is 0 Å². The predicted octanol–water partition coefficient (Wildman–Crippen LogP) is 4.01. The van der Waals surface area contributed by atoms with E-state index in [2.05, 4.69) is 4.90 Å². The van der Waals surface area contributed by atoms with Gasteiger partial charge in [-0.15, -0.1) is 0 Å². The van der Waals surface area contributed by atoms with E-state index in [-0.39, 0.29) is 29.5 Å². The molecule has 2 fully saturated rings. The van der Waals surface area contributed by atoms with Crippen molar-refractivity contribution in [1.29, 1.82) is 0 Å². The lowest BCUT2D eigenvalue weighted by Crippen LogP contribution is -2.35. The molecule has 1 amide bonds. The summed E-state index contributed by atoms with van der Waals surface area (Å²) in [5, 5.41) is 0. The van der Waals surface area contributed by atoms with Crippen molar-refractivity contribution in [2.75, 3.05) is 26.7 Å². The molecule has 4 rings (SSSR count). The van der Waals surface area contributed by atoms with Crippen LogP contribution in [0.3, 0.4) is 0 Å². The Morgan fingerprint density at radius 2 is 1.97 bits per heavy atom. The van der Waals surface area contributed by atoms with Gasteiger partial charge in [0.05, 0.1) is 13.2 Å². The van der Waals surface area contributed by atoms with Crippen LogP contribution in [-0.4, -0.2) is 42.5 Å². The molecule has 154 valence electrons. The summed E-state index contributed by atoms with van der Waals surface area (Å²) in [7, 11) is 1.57. The van der Waals surface area contributed by atoms with Gasteiger partial charge in [-0.1, -0.05) is 19.1 Å². The molecule has 2 aliphatic rings. The lowest BCUT2D eigenvalue weighted by molar-refractivity contribution is -0.132.